The van der Waals surface area contributed by atoms with Gasteiger partial charge in [0.2, 0.25) is 5.91 Å². The summed E-state index contributed by atoms with van der Waals surface area (Å²) in [4.78, 5) is 40.1. The number of rotatable bonds is 11. The Morgan fingerprint density at radius 2 is 1.71 bits per heavy atom. The van der Waals surface area contributed by atoms with Crippen molar-refractivity contribution >= 4 is 23.6 Å². The van der Waals surface area contributed by atoms with Crippen molar-refractivity contribution in [2.24, 2.45) is 11.8 Å². The third-order valence-corrected chi connectivity index (χ3v) is 7.91. The van der Waals surface area contributed by atoms with Crippen LogP contribution in [0.15, 0.2) is 85.1 Å². The van der Waals surface area contributed by atoms with Gasteiger partial charge in [0.1, 0.15) is 37.4 Å². The molecule has 42 heavy (non-hydrogen) atoms. The van der Waals surface area contributed by atoms with Crippen molar-refractivity contribution in [3.63, 3.8) is 0 Å². The summed E-state index contributed by atoms with van der Waals surface area (Å²) < 4.78 is 22.0. The monoisotopic (exact) mass is 571 g/mol. The predicted octanol–water partition coefficient (Wildman–Crippen LogP) is 4.66. The highest BCUT2D eigenvalue weighted by atomic mass is 16.7. The number of hydrogen-bond donors (Lipinski definition) is 1. The average molecular weight is 572 g/mol. The van der Waals surface area contributed by atoms with Gasteiger partial charge >= 0.3 is 12.1 Å². The zero-order valence-corrected chi connectivity index (χ0v) is 23.6. The molecule has 2 heterocycles. The van der Waals surface area contributed by atoms with Crippen molar-refractivity contribution in [2.45, 2.75) is 26.0 Å². The van der Waals surface area contributed by atoms with Crippen LogP contribution in [-0.2, 0) is 23.8 Å². The first-order chi connectivity index (χ1) is 20.3. The number of fused-ring (bicyclic) bond motifs is 4. The van der Waals surface area contributed by atoms with Gasteiger partial charge in [0.05, 0.1) is 18.6 Å². The fourth-order valence-electron chi connectivity index (χ4n) is 6.10. The number of carbonyl (C=O) groups is 3. The summed E-state index contributed by atoms with van der Waals surface area (Å²) in [7, 11) is 0. The Balaban J connectivity index is 1.44. The second kappa shape index (κ2) is 12.1. The Morgan fingerprint density at radius 1 is 1.02 bits per heavy atom. The number of benzene rings is 2. The van der Waals surface area contributed by atoms with Crippen LogP contribution in [0, 0.1) is 11.8 Å². The van der Waals surface area contributed by atoms with E-state index in [0.717, 1.165) is 27.8 Å². The van der Waals surface area contributed by atoms with Crippen LogP contribution in [0.5, 0.6) is 5.75 Å². The molecular weight excluding hydrogens is 538 g/mol. The van der Waals surface area contributed by atoms with Crippen molar-refractivity contribution < 1.29 is 38.4 Å². The molecule has 3 unspecified atom stereocenters. The van der Waals surface area contributed by atoms with E-state index < -0.39 is 30.2 Å². The second-order valence-electron chi connectivity index (χ2n) is 10.3. The summed E-state index contributed by atoms with van der Waals surface area (Å²) in [6.45, 7) is 10.6. The molecule has 5 rings (SSSR count). The SMILES string of the molecule is C=CCOC(=O)O[C@H](C)C1C(=O)N2C(C(=O)OCC=C)=C(COc3cccc4c3-c3ccccc3/C4=C\CO)C(C)C12. The maximum Gasteiger partial charge on any atom is 0.508 e. The van der Waals surface area contributed by atoms with Crippen LogP contribution in [0.1, 0.15) is 25.0 Å². The molecule has 2 aromatic carbocycles. The smallest absolute Gasteiger partial charge is 0.488 e. The molecule has 2 aromatic rings. The minimum absolute atomic E-state index is 0.0105. The summed E-state index contributed by atoms with van der Waals surface area (Å²) in [6.07, 6.45) is 2.97. The van der Waals surface area contributed by atoms with Crippen LogP contribution in [0.25, 0.3) is 16.7 Å². The number of aliphatic hydroxyl groups excluding tert-OH is 1. The third-order valence-electron chi connectivity index (χ3n) is 7.91. The molecule has 218 valence electrons. The molecule has 2 aliphatic heterocycles. The zero-order chi connectivity index (χ0) is 30.0. The number of β-lactam (4-membered cyclic amide) rings is 1. The van der Waals surface area contributed by atoms with Crippen LogP contribution >= 0.6 is 0 Å². The molecule has 1 fully saturated rings. The molecule has 1 amide bonds. The number of ether oxygens (including phenoxy) is 4. The van der Waals surface area contributed by atoms with Crippen LogP contribution in [-0.4, -0.2) is 66.6 Å². The summed E-state index contributed by atoms with van der Waals surface area (Å²) in [5, 5.41) is 9.66. The summed E-state index contributed by atoms with van der Waals surface area (Å²) in [5.74, 6) is -1.34. The summed E-state index contributed by atoms with van der Waals surface area (Å²) >= 11 is 0. The Hall–Kier alpha value is -4.63. The Morgan fingerprint density at radius 3 is 2.43 bits per heavy atom. The minimum atomic E-state index is -0.894. The third kappa shape index (κ3) is 4.90. The lowest BCUT2D eigenvalue weighted by atomic mass is 9.77. The first kappa shape index (κ1) is 28.9. The Bertz CT molecular complexity index is 1510. The zero-order valence-electron chi connectivity index (χ0n) is 23.6. The topological polar surface area (TPSA) is 112 Å². The van der Waals surface area contributed by atoms with E-state index in [1.54, 1.807) is 13.0 Å². The molecule has 1 saturated heterocycles. The summed E-state index contributed by atoms with van der Waals surface area (Å²) in [6, 6.07) is 13.2. The average Bonchev–Trinajstić information content (AvgIpc) is 3.43. The van der Waals surface area contributed by atoms with Crippen LogP contribution in [0.4, 0.5) is 4.79 Å². The van der Waals surface area contributed by atoms with E-state index in [-0.39, 0.29) is 43.9 Å². The van der Waals surface area contributed by atoms with Gasteiger partial charge in [-0.05, 0) is 35.3 Å². The summed E-state index contributed by atoms with van der Waals surface area (Å²) in [5.41, 5.74) is 5.50. The number of nitrogens with zero attached hydrogens (tertiary/aromatic N) is 1. The molecule has 0 bridgehead atoms. The van der Waals surface area contributed by atoms with Gasteiger partial charge in [0.25, 0.3) is 0 Å². The number of esters is 1. The maximum atomic E-state index is 13.4. The van der Waals surface area contributed by atoms with Gasteiger partial charge in [-0.25, -0.2) is 9.59 Å². The fourth-order valence-corrected chi connectivity index (χ4v) is 6.10. The van der Waals surface area contributed by atoms with Gasteiger partial charge in [0.15, 0.2) is 0 Å². The van der Waals surface area contributed by atoms with Gasteiger partial charge in [-0.2, -0.15) is 0 Å². The van der Waals surface area contributed by atoms with Gasteiger partial charge in [-0.1, -0.05) is 74.7 Å². The van der Waals surface area contributed by atoms with Gasteiger partial charge in [-0.3, -0.25) is 4.79 Å². The Kier molecular flexibility index (Phi) is 8.31. The lowest BCUT2D eigenvalue weighted by molar-refractivity contribution is -0.164. The highest BCUT2D eigenvalue weighted by Gasteiger charge is 2.61. The van der Waals surface area contributed by atoms with Gasteiger partial charge in [0, 0.05) is 17.1 Å². The quantitative estimate of drug-likeness (QED) is 0.201. The number of aliphatic hydroxyl groups is 1. The molecule has 9 nitrogen and oxygen atoms in total. The molecule has 1 aliphatic carbocycles. The molecule has 1 N–H and O–H groups in total. The molecule has 0 aromatic heterocycles. The van der Waals surface area contributed by atoms with E-state index in [2.05, 4.69) is 13.2 Å². The number of carbonyl (C=O) groups excluding carboxylic acids is 3. The standard InChI is InChI=1S/C33H33NO8/c1-5-16-39-32(37)30-25(19(3)29-27(31(36)34(29)30)20(4)42-33(38)40-17-6-2)18-41-26-13-9-12-24-22(14-15-35)21-10-7-8-11-23(21)28(24)26/h5-14,19-20,27,29,35H,1-2,15-18H2,3-4H3/b22-14+/t19?,20-,27?,29?/m1/s1. The van der Waals surface area contributed by atoms with Crippen LogP contribution in [0.2, 0.25) is 0 Å². The first-order valence-electron chi connectivity index (χ1n) is 13.8. The van der Waals surface area contributed by atoms with Crippen molar-refractivity contribution in [3.8, 4) is 16.9 Å². The Labute approximate surface area is 244 Å². The minimum Gasteiger partial charge on any atom is -0.488 e. The van der Waals surface area contributed by atoms with E-state index in [4.69, 9.17) is 18.9 Å². The van der Waals surface area contributed by atoms with Crippen molar-refractivity contribution in [1.29, 1.82) is 0 Å². The van der Waals surface area contributed by atoms with E-state index in [1.165, 1.54) is 17.1 Å². The molecule has 0 saturated carbocycles. The molecule has 4 atom stereocenters. The normalized spacial score (nSPS) is 21.6. The van der Waals surface area contributed by atoms with E-state index in [1.807, 2.05) is 49.4 Å². The first-order valence-corrected chi connectivity index (χ1v) is 13.8. The van der Waals surface area contributed by atoms with Crippen molar-refractivity contribution in [1.82, 2.24) is 4.90 Å². The van der Waals surface area contributed by atoms with E-state index >= 15 is 0 Å². The van der Waals surface area contributed by atoms with Gasteiger partial charge in [-0.15, -0.1) is 0 Å². The lowest BCUT2D eigenvalue weighted by Gasteiger charge is -2.47. The highest BCUT2D eigenvalue weighted by molar-refractivity contribution is 6.03. The fraction of sp³-hybridized carbons (Fsp3) is 0.303. The molecule has 0 radical (unpaired) electrons. The predicted molar refractivity (Wildman–Crippen MR) is 155 cm³/mol. The van der Waals surface area contributed by atoms with Crippen molar-refractivity contribution in [3.05, 3.63) is 96.2 Å². The van der Waals surface area contributed by atoms with Crippen molar-refractivity contribution in [2.75, 3.05) is 26.4 Å². The van der Waals surface area contributed by atoms with E-state index in [9.17, 15) is 19.5 Å². The largest absolute Gasteiger partial charge is 0.508 e. The lowest BCUT2D eigenvalue weighted by Crippen LogP contribution is -2.64. The maximum absolute atomic E-state index is 13.4. The number of hydrogen-bond acceptors (Lipinski definition) is 8. The van der Waals surface area contributed by atoms with Gasteiger partial charge < -0.3 is 29.0 Å². The molecule has 3 aliphatic rings. The second-order valence-corrected chi connectivity index (χ2v) is 10.3. The number of amides is 1. The molecule has 0 spiro atoms. The highest BCUT2D eigenvalue weighted by Crippen LogP contribution is 2.50. The molecular formula is C33H33NO8. The molecule has 9 heteroatoms. The van der Waals surface area contributed by atoms with Crippen LogP contribution < -0.4 is 4.74 Å². The van der Waals surface area contributed by atoms with E-state index in [0.29, 0.717) is 11.3 Å². The van der Waals surface area contributed by atoms with Crippen LogP contribution in [0.3, 0.4) is 0 Å².